The molecule has 270 valence electrons. The van der Waals surface area contributed by atoms with E-state index >= 15 is 4.79 Å². The Morgan fingerprint density at radius 2 is 1.71 bits per heavy atom. The fraction of sp³-hybridized carbons (Fsp3) is 0.324. The number of carboxylic acids is 1. The normalized spacial score (nSPS) is 26.5. The maximum Gasteiger partial charge on any atom is 0.305 e. The smallest absolute Gasteiger partial charge is 0.305 e. The third-order valence-corrected chi connectivity index (χ3v) is 12.0. The zero-order valence-corrected chi connectivity index (χ0v) is 30.9. The van der Waals surface area contributed by atoms with E-state index in [2.05, 4.69) is 21.4 Å². The van der Waals surface area contributed by atoms with Crippen LogP contribution in [0.15, 0.2) is 70.7 Å². The number of nitrogens with zero attached hydrogens (tertiary/aromatic N) is 2. The first kappa shape index (κ1) is 35.8. The highest BCUT2D eigenvalue weighted by Crippen LogP contribution is 2.64. The van der Waals surface area contributed by atoms with E-state index in [1.165, 1.54) is 20.3 Å². The Morgan fingerprint density at radius 1 is 0.981 bits per heavy atom. The summed E-state index contributed by atoms with van der Waals surface area (Å²) >= 11 is 16.1. The van der Waals surface area contributed by atoms with Crippen LogP contribution in [0.3, 0.4) is 0 Å². The number of aliphatic carboxylic acids is 1. The van der Waals surface area contributed by atoms with Crippen molar-refractivity contribution in [1.29, 1.82) is 0 Å². The zero-order chi connectivity index (χ0) is 37.2. The number of likely N-dealkylation sites (tertiary alicyclic amines) is 1. The molecule has 3 aromatic carbocycles. The highest BCUT2D eigenvalue weighted by atomic mass is 79.9. The van der Waals surface area contributed by atoms with Gasteiger partial charge in [-0.25, -0.2) is 0 Å². The summed E-state index contributed by atoms with van der Waals surface area (Å²) in [6.07, 6.45) is 1.65. The molecule has 2 aliphatic carbocycles. The highest BCUT2D eigenvalue weighted by molar-refractivity contribution is 9.10. The number of benzene rings is 3. The van der Waals surface area contributed by atoms with Crippen molar-refractivity contribution in [3.63, 3.8) is 0 Å². The second-order valence-corrected chi connectivity index (χ2v) is 14.9. The van der Waals surface area contributed by atoms with Crippen molar-refractivity contribution in [2.45, 2.75) is 30.6 Å². The Kier molecular flexibility index (Phi) is 9.25. The van der Waals surface area contributed by atoms with Gasteiger partial charge in [0.15, 0.2) is 11.5 Å². The summed E-state index contributed by atoms with van der Waals surface area (Å²) in [5, 5.41) is 21.6. The molecule has 0 radical (unpaired) electrons. The Bertz CT molecular complexity index is 2080. The number of methoxy groups -OCH3 is 2. The van der Waals surface area contributed by atoms with Crippen LogP contribution in [0.5, 0.6) is 17.2 Å². The number of carbonyl (C=O) groups is 5. The number of hydrogen-bond donors (Lipinski definition) is 3. The molecule has 1 saturated carbocycles. The molecule has 7 rings (SSSR count). The average Bonchev–Trinajstić information content (AvgIpc) is 3.49. The van der Waals surface area contributed by atoms with Gasteiger partial charge in [0.1, 0.15) is 5.75 Å². The van der Waals surface area contributed by atoms with Crippen LogP contribution in [0, 0.1) is 23.7 Å². The molecule has 3 aromatic rings. The van der Waals surface area contributed by atoms with E-state index in [0.717, 1.165) is 9.91 Å². The van der Waals surface area contributed by atoms with Crippen LogP contribution in [0.1, 0.15) is 36.3 Å². The predicted octanol–water partition coefficient (Wildman–Crippen LogP) is 5.94. The van der Waals surface area contributed by atoms with E-state index in [9.17, 15) is 29.4 Å². The zero-order valence-electron chi connectivity index (χ0n) is 27.8. The van der Waals surface area contributed by atoms with Crippen molar-refractivity contribution in [2.75, 3.05) is 26.2 Å². The minimum Gasteiger partial charge on any atom is -0.503 e. The number of halogens is 3. The maximum absolute atomic E-state index is 15.4. The molecule has 2 heterocycles. The second-order valence-electron chi connectivity index (χ2n) is 13.2. The lowest BCUT2D eigenvalue weighted by Crippen LogP contribution is -2.53. The molecule has 12 nitrogen and oxygen atoms in total. The molecule has 4 aliphatic rings. The summed E-state index contributed by atoms with van der Waals surface area (Å²) in [5.74, 6) is -7.17. The van der Waals surface area contributed by atoms with Crippen LogP contribution in [-0.2, 0) is 29.4 Å². The summed E-state index contributed by atoms with van der Waals surface area (Å²) in [6.45, 7) is -0.274. The molecule has 0 aromatic heterocycles. The fourth-order valence-electron chi connectivity index (χ4n) is 8.63. The molecule has 0 spiro atoms. The molecule has 6 unspecified atom stereocenters. The summed E-state index contributed by atoms with van der Waals surface area (Å²) in [6, 6.07) is 14.7. The van der Waals surface area contributed by atoms with Gasteiger partial charge in [-0.05, 0) is 88.3 Å². The number of allylic oxidation sites excluding steroid dienone is 2. The van der Waals surface area contributed by atoms with Crippen molar-refractivity contribution in [1.82, 2.24) is 9.91 Å². The van der Waals surface area contributed by atoms with Gasteiger partial charge in [0.05, 0.1) is 59.0 Å². The Balaban J connectivity index is 1.46. The summed E-state index contributed by atoms with van der Waals surface area (Å²) in [7, 11) is 2.90. The fourth-order valence-corrected chi connectivity index (χ4v) is 9.54. The largest absolute Gasteiger partial charge is 0.503 e. The number of rotatable bonds is 9. The number of hydrogen-bond acceptors (Lipinski definition) is 9. The number of fused-ring (bicyclic) bond motifs is 4. The lowest BCUT2D eigenvalue weighted by Gasteiger charge is -2.50. The first-order valence-corrected chi connectivity index (χ1v) is 18.0. The molecule has 2 saturated heterocycles. The SMILES string of the molecule is COc1ccc(C23C(=O)N(Nc4ccc(Cl)cc4Cl)C(=O)C2CC2C(=CCC4C(=O)N(CCC(=O)O)C(=O)C42)C3c2cc(Br)c(O)c(OC)c2)cc1. The van der Waals surface area contributed by atoms with Gasteiger partial charge in [-0.1, -0.05) is 47.0 Å². The number of amides is 4. The lowest BCUT2D eigenvalue weighted by atomic mass is 9.49. The topological polar surface area (TPSA) is 163 Å². The van der Waals surface area contributed by atoms with E-state index < -0.39 is 71.0 Å². The molecule has 4 amide bonds. The van der Waals surface area contributed by atoms with Crippen molar-refractivity contribution in [3.05, 3.63) is 91.9 Å². The van der Waals surface area contributed by atoms with Gasteiger partial charge >= 0.3 is 5.97 Å². The maximum atomic E-state index is 15.4. The van der Waals surface area contributed by atoms with Crippen molar-refractivity contribution in [3.8, 4) is 17.2 Å². The van der Waals surface area contributed by atoms with Gasteiger partial charge in [0.2, 0.25) is 11.8 Å². The van der Waals surface area contributed by atoms with Gasteiger partial charge in [-0.2, -0.15) is 5.01 Å². The standard InChI is InChI=1S/C37H32BrCl2N3O9/c1-51-20-6-3-18(4-7-20)37-24(34(48)43(36(37)50)41-27-10-5-19(39)15-26(27)40)16-23-21(31(37)17-13-25(38)32(46)28(14-17)52-2)8-9-22-30(23)35(49)42(33(22)47)12-11-29(44)45/h3-8,10,13-15,22-24,30-31,41,46H,9,11-12,16H2,1-2H3,(H,44,45). The molecule has 15 heteroatoms. The van der Waals surface area contributed by atoms with Crippen LogP contribution < -0.4 is 14.9 Å². The molecule has 52 heavy (non-hydrogen) atoms. The number of carboxylic acid groups (broad SMARTS) is 1. The molecule has 3 N–H and O–H groups in total. The number of anilines is 1. The number of aromatic hydroxyl groups is 1. The second kappa shape index (κ2) is 13.4. The minimum absolute atomic E-state index is 0.0226. The molecular formula is C37H32BrCl2N3O9. The summed E-state index contributed by atoms with van der Waals surface area (Å²) in [4.78, 5) is 70.3. The molecule has 3 fully saturated rings. The van der Waals surface area contributed by atoms with Gasteiger partial charge < -0.3 is 19.7 Å². The Labute approximate surface area is 316 Å². The van der Waals surface area contributed by atoms with Gasteiger partial charge in [0, 0.05) is 17.5 Å². The average molecular weight is 813 g/mol. The van der Waals surface area contributed by atoms with E-state index in [4.69, 9.17) is 32.7 Å². The van der Waals surface area contributed by atoms with Crippen molar-refractivity contribution < 1.29 is 43.7 Å². The quantitative estimate of drug-likeness (QED) is 0.174. The number of imide groups is 2. The van der Waals surface area contributed by atoms with E-state index in [0.29, 0.717) is 27.5 Å². The third kappa shape index (κ3) is 5.43. The van der Waals surface area contributed by atoms with E-state index in [1.54, 1.807) is 48.5 Å². The Morgan fingerprint density at radius 3 is 2.37 bits per heavy atom. The molecule has 6 atom stereocenters. The Hall–Kier alpha value is -4.59. The number of nitrogens with one attached hydrogen (secondary N) is 1. The third-order valence-electron chi connectivity index (χ3n) is 10.8. The first-order chi connectivity index (χ1) is 24.8. The molecular weight excluding hydrogens is 781 g/mol. The van der Waals surface area contributed by atoms with Gasteiger partial charge in [-0.15, -0.1) is 0 Å². The predicted molar refractivity (Wildman–Crippen MR) is 192 cm³/mol. The number of carbonyl (C=O) groups excluding carboxylic acids is 4. The summed E-state index contributed by atoms with van der Waals surface area (Å²) < 4.78 is 11.2. The van der Waals surface area contributed by atoms with Gasteiger partial charge in [-0.3, -0.25) is 34.3 Å². The highest BCUT2D eigenvalue weighted by Gasteiger charge is 2.70. The number of phenols is 1. The van der Waals surface area contributed by atoms with E-state index in [-0.39, 0.29) is 46.1 Å². The van der Waals surface area contributed by atoms with Crippen molar-refractivity contribution >= 4 is 74.4 Å². The molecule has 2 aliphatic heterocycles. The minimum atomic E-state index is -1.62. The number of ether oxygens (including phenoxy) is 2. The van der Waals surface area contributed by atoms with Crippen molar-refractivity contribution in [2.24, 2.45) is 23.7 Å². The first-order valence-electron chi connectivity index (χ1n) is 16.4. The number of hydrazine groups is 1. The van der Waals surface area contributed by atoms with E-state index in [1.807, 2.05) is 6.08 Å². The summed E-state index contributed by atoms with van der Waals surface area (Å²) in [5.41, 5.74) is 3.24. The van der Waals surface area contributed by atoms with Crippen LogP contribution >= 0.6 is 39.1 Å². The number of phenolic OH excluding ortho intramolecular Hbond substituents is 1. The van der Waals surface area contributed by atoms with Gasteiger partial charge in [0.25, 0.3) is 11.8 Å². The van der Waals surface area contributed by atoms with Crippen LogP contribution in [0.25, 0.3) is 0 Å². The lowest BCUT2D eigenvalue weighted by molar-refractivity contribution is -0.143. The monoisotopic (exact) mass is 811 g/mol. The van der Waals surface area contributed by atoms with Crippen LogP contribution in [0.4, 0.5) is 5.69 Å². The molecule has 0 bridgehead atoms. The van der Waals surface area contributed by atoms with Crippen LogP contribution in [0.2, 0.25) is 10.0 Å². The van der Waals surface area contributed by atoms with Crippen LogP contribution in [-0.4, -0.2) is 70.5 Å².